The number of hydrogen-bond acceptors (Lipinski definition) is 5. The number of carbonyl (C=O) groups excluding carboxylic acids is 2. The summed E-state index contributed by atoms with van der Waals surface area (Å²) in [4.78, 5) is 34.3. The minimum absolute atomic E-state index is 0.0849. The van der Waals surface area contributed by atoms with Gasteiger partial charge in [0, 0.05) is 32.9 Å². The highest BCUT2D eigenvalue weighted by atomic mass is 16.5. The zero-order chi connectivity index (χ0) is 16.2. The van der Waals surface area contributed by atoms with Gasteiger partial charge in [-0.15, -0.1) is 0 Å². The van der Waals surface area contributed by atoms with Crippen LogP contribution in [-0.2, 0) is 9.53 Å². The predicted octanol–water partition coefficient (Wildman–Crippen LogP) is 0.961. The molecule has 124 valence electrons. The molecule has 2 aliphatic heterocycles. The summed E-state index contributed by atoms with van der Waals surface area (Å²) in [5.74, 6) is 0.784. The number of nitrogens with zero attached hydrogens (tertiary/aromatic N) is 4. The molecule has 1 unspecified atom stereocenters. The van der Waals surface area contributed by atoms with Gasteiger partial charge in [-0.05, 0) is 25.0 Å². The van der Waals surface area contributed by atoms with Gasteiger partial charge >= 0.3 is 6.03 Å². The molecule has 3 heterocycles. The lowest BCUT2D eigenvalue weighted by molar-refractivity contribution is -0.127. The molecule has 0 N–H and O–H groups in total. The summed E-state index contributed by atoms with van der Waals surface area (Å²) in [7, 11) is 1.59. The molecule has 0 bridgehead atoms. The van der Waals surface area contributed by atoms with Crippen molar-refractivity contribution in [2.24, 2.45) is 0 Å². The minimum Gasteiger partial charge on any atom is -0.383 e. The van der Waals surface area contributed by atoms with Crippen LogP contribution in [0.25, 0.3) is 0 Å². The average molecular weight is 318 g/mol. The Labute approximate surface area is 135 Å². The molecule has 0 radical (unpaired) electrons. The van der Waals surface area contributed by atoms with Gasteiger partial charge in [-0.3, -0.25) is 9.69 Å². The average Bonchev–Trinajstić information content (AvgIpc) is 2.87. The van der Waals surface area contributed by atoms with Crippen LogP contribution in [0.2, 0.25) is 0 Å². The molecule has 1 atom stereocenters. The molecule has 1 aromatic rings. The van der Waals surface area contributed by atoms with Crippen LogP contribution < -0.4 is 4.90 Å². The van der Waals surface area contributed by atoms with E-state index in [0.29, 0.717) is 19.7 Å². The zero-order valence-corrected chi connectivity index (χ0v) is 13.4. The number of methoxy groups -OCH3 is 1. The minimum atomic E-state index is -0.195. The number of amides is 3. The van der Waals surface area contributed by atoms with Crippen molar-refractivity contribution in [1.82, 2.24) is 14.8 Å². The SMILES string of the molecule is COCCN1CC(=O)N(C2CCCN(c3ccccn3)C2)C1=O. The Balaban J connectivity index is 1.69. The van der Waals surface area contributed by atoms with Gasteiger partial charge in [-0.25, -0.2) is 9.78 Å². The normalized spacial score (nSPS) is 22.1. The molecule has 3 amide bonds. The summed E-state index contributed by atoms with van der Waals surface area (Å²) in [6, 6.07) is 5.51. The van der Waals surface area contributed by atoms with Crippen molar-refractivity contribution in [2.45, 2.75) is 18.9 Å². The Morgan fingerprint density at radius 1 is 1.35 bits per heavy atom. The third-order valence-corrected chi connectivity index (χ3v) is 4.37. The fourth-order valence-corrected chi connectivity index (χ4v) is 3.22. The van der Waals surface area contributed by atoms with Crippen molar-refractivity contribution in [3.8, 4) is 0 Å². The first-order valence-corrected chi connectivity index (χ1v) is 7.96. The second kappa shape index (κ2) is 6.95. The van der Waals surface area contributed by atoms with E-state index in [2.05, 4.69) is 9.88 Å². The second-order valence-electron chi connectivity index (χ2n) is 5.89. The number of rotatable bonds is 5. The molecule has 7 heteroatoms. The monoisotopic (exact) mass is 318 g/mol. The van der Waals surface area contributed by atoms with E-state index in [0.717, 1.165) is 25.2 Å². The third-order valence-electron chi connectivity index (χ3n) is 4.37. The highest BCUT2D eigenvalue weighted by Gasteiger charge is 2.41. The maximum Gasteiger partial charge on any atom is 0.327 e. The van der Waals surface area contributed by atoms with Gasteiger partial charge in [0.1, 0.15) is 12.4 Å². The Bertz CT molecular complexity index is 566. The van der Waals surface area contributed by atoms with Crippen LogP contribution in [0.1, 0.15) is 12.8 Å². The maximum atomic E-state index is 12.5. The molecule has 0 aliphatic carbocycles. The largest absolute Gasteiger partial charge is 0.383 e. The lowest BCUT2D eigenvalue weighted by Gasteiger charge is -2.37. The van der Waals surface area contributed by atoms with Gasteiger partial charge in [0.15, 0.2) is 0 Å². The van der Waals surface area contributed by atoms with Gasteiger partial charge < -0.3 is 14.5 Å². The summed E-state index contributed by atoms with van der Waals surface area (Å²) in [5, 5.41) is 0. The fourth-order valence-electron chi connectivity index (χ4n) is 3.22. The van der Waals surface area contributed by atoms with Crippen LogP contribution in [0, 0.1) is 0 Å². The number of anilines is 1. The van der Waals surface area contributed by atoms with Gasteiger partial charge in [0.2, 0.25) is 0 Å². The highest BCUT2D eigenvalue weighted by molar-refractivity contribution is 6.02. The van der Waals surface area contributed by atoms with Gasteiger partial charge in [-0.1, -0.05) is 6.07 Å². The zero-order valence-electron chi connectivity index (χ0n) is 13.4. The van der Waals surface area contributed by atoms with Crippen molar-refractivity contribution in [3.63, 3.8) is 0 Å². The van der Waals surface area contributed by atoms with Gasteiger partial charge in [0.05, 0.1) is 12.6 Å². The molecular formula is C16H22N4O3. The Hall–Kier alpha value is -2.15. The molecule has 3 rings (SSSR count). The van der Waals surface area contributed by atoms with E-state index in [4.69, 9.17) is 4.74 Å². The van der Waals surface area contributed by atoms with Crippen molar-refractivity contribution < 1.29 is 14.3 Å². The van der Waals surface area contributed by atoms with Crippen LogP contribution >= 0.6 is 0 Å². The van der Waals surface area contributed by atoms with Crippen molar-refractivity contribution in [3.05, 3.63) is 24.4 Å². The van der Waals surface area contributed by atoms with Crippen LogP contribution in [0.4, 0.5) is 10.6 Å². The summed E-state index contributed by atoms with van der Waals surface area (Å²) >= 11 is 0. The summed E-state index contributed by atoms with van der Waals surface area (Å²) in [6.45, 7) is 2.60. The molecule has 2 aliphatic rings. The van der Waals surface area contributed by atoms with Crippen molar-refractivity contribution in [1.29, 1.82) is 0 Å². The molecule has 1 aromatic heterocycles. The van der Waals surface area contributed by atoms with Crippen LogP contribution in [-0.4, -0.2) is 72.7 Å². The Morgan fingerprint density at radius 3 is 2.96 bits per heavy atom. The smallest absolute Gasteiger partial charge is 0.327 e. The molecule has 0 saturated carbocycles. The standard InChI is InChI=1S/C16H22N4O3/c1-23-10-9-19-12-15(21)20(16(19)22)13-5-4-8-18(11-13)14-6-2-3-7-17-14/h2-3,6-7,13H,4-5,8-12H2,1H3. The number of aromatic nitrogens is 1. The number of pyridine rings is 1. The Morgan fingerprint density at radius 2 is 2.22 bits per heavy atom. The van der Waals surface area contributed by atoms with Gasteiger partial charge in [0.25, 0.3) is 5.91 Å². The van der Waals surface area contributed by atoms with Crippen LogP contribution in [0.5, 0.6) is 0 Å². The summed E-state index contributed by atoms with van der Waals surface area (Å²) in [5.41, 5.74) is 0. The first-order chi connectivity index (χ1) is 11.2. The lowest BCUT2D eigenvalue weighted by atomic mass is 10.0. The number of piperidine rings is 1. The molecule has 23 heavy (non-hydrogen) atoms. The number of carbonyl (C=O) groups is 2. The first-order valence-electron chi connectivity index (χ1n) is 7.96. The molecule has 2 fully saturated rings. The number of ether oxygens (including phenoxy) is 1. The predicted molar refractivity (Wildman–Crippen MR) is 85.2 cm³/mol. The van der Waals surface area contributed by atoms with E-state index < -0.39 is 0 Å². The molecule has 2 saturated heterocycles. The molecule has 7 nitrogen and oxygen atoms in total. The molecule has 0 spiro atoms. The Kier molecular flexibility index (Phi) is 4.76. The fraction of sp³-hybridized carbons (Fsp3) is 0.562. The highest BCUT2D eigenvalue weighted by Crippen LogP contribution is 2.24. The maximum absolute atomic E-state index is 12.5. The summed E-state index contributed by atoms with van der Waals surface area (Å²) < 4.78 is 5.00. The molecular weight excluding hydrogens is 296 g/mol. The topological polar surface area (TPSA) is 66.0 Å². The first kappa shape index (κ1) is 15.7. The van der Waals surface area contributed by atoms with E-state index in [1.54, 1.807) is 18.2 Å². The van der Waals surface area contributed by atoms with E-state index in [1.807, 2.05) is 18.2 Å². The summed E-state index contributed by atoms with van der Waals surface area (Å²) in [6.07, 6.45) is 3.55. The number of imide groups is 1. The number of urea groups is 1. The van der Waals surface area contributed by atoms with Crippen molar-refractivity contribution >= 4 is 17.8 Å². The van der Waals surface area contributed by atoms with E-state index in [1.165, 1.54) is 4.90 Å². The van der Waals surface area contributed by atoms with Crippen LogP contribution in [0.3, 0.4) is 0 Å². The van der Waals surface area contributed by atoms with Gasteiger partial charge in [-0.2, -0.15) is 0 Å². The van der Waals surface area contributed by atoms with E-state index in [-0.39, 0.29) is 24.5 Å². The molecule has 0 aromatic carbocycles. The second-order valence-corrected chi connectivity index (χ2v) is 5.89. The third kappa shape index (κ3) is 3.29. The van der Waals surface area contributed by atoms with E-state index >= 15 is 0 Å². The van der Waals surface area contributed by atoms with Crippen molar-refractivity contribution in [2.75, 3.05) is 44.8 Å². The van der Waals surface area contributed by atoms with E-state index in [9.17, 15) is 9.59 Å². The lowest BCUT2D eigenvalue weighted by Crippen LogP contribution is -2.51. The quantitative estimate of drug-likeness (QED) is 0.757. The van der Waals surface area contributed by atoms with Crippen LogP contribution in [0.15, 0.2) is 24.4 Å². The number of hydrogen-bond donors (Lipinski definition) is 0.